The second-order valence-corrected chi connectivity index (χ2v) is 5.40. The van der Waals surface area contributed by atoms with Crippen LogP contribution in [0.1, 0.15) is 17.3 Å². The third-order valence-electron chi connectivity index (χ3n) is 3.44. The first-order valence-corrected chi connectivity index (χ1v) is 6.37. The highest BCUT2D eigenvalue weighted by atomic mass is 16.5. The molecule has 19 heavy (non-hydrogen) atoms. The minimum Gasteiger partial charge on any atom is -0.380 e. The number of carbonyl (C=O) groups is 1. The van der Waals surface area contributed by atoms with Gasteiger partial charge in [0.05, 0.1) is 18.7 Å². The van der Waals surface area contributed by atoms with E-state index < -0.39 is 0 Å². The molecule has 98 valence electrons. The number of ether oxygens (including phenoxy) is 1. The Labute approximate surface area is 111 Å². The summed E-state index contributed by atoms with van der Waals surface area (Å²) in [6, 6.07) is 9.39. The Morgan fingerprint density at radius 2 is 2.26 bits per heavy atom. The molecule has 2 aromatic rings. The van der Waals surface area contributed by atoms with Gasteiger partial charge in [0.15, 0.2) is 0 Å². The normalized spacial score (nSPS) is 16.9. The van der Waals surface area contributed by atoms with Crippen LogP contribution in [-0.2, 0) is 4.74 Å². The summed E-state index contributed by atoms with van der Waals surface area (Å²) in [5.41, 5.74) is 1.66. The number of pyridine rings is 1. The number of fused-ring (bicyclic) bond motifs is 1. The third kappa shape index (κ3) is 2.44. The standard InChI is InChI=1S/C15H16N2O2/c1-15(9-19-10-15)8-17-14(18)12-4-5-13-11(7-12)3-2-6-16-13/h2-7H,8-10H2,1H3,(H,17,18). The molecule has 1 fully saturated rings. The third-order valence-corrected chi connectivity index (χ3v) is 3.44. The van der Waals surface area contributed by atoms with E-state index in [4.69, 9.17) is 4.74 Å². The van der Waals surface area contributed by atoms with Crippen LogP contribution in [0.5, 0.6) is 0 Å². The predicted molar refractivity (Wildman–Crippen MR) is 73.0 cm³/mol. The topological polar surface area (TPSA) is 51.2 Å². The Morgan fingerprint density at radius 3 is 3.00 bits per heavy atom. The number of rotatable bonds is 3. The summed E-state index contributed by atoms with van der Waals surface area (Å²) in [7, 11) is 0. The van der Waals surface area contributed by atoms with Gasteiger partial charge in [-0.25, -0.2) is 0 Å². The molecule has 0 aliphatic carbocycles. The monoisotopic (exact) mass is 256 g/mol. The van der Waals surface area contributed by atoms with Crippen LogP contribution in [0.25, 0.3) is 10.9 Å². The van der Waals surface area contributed by atoms with Crippen molar-refractivity contribution in [2.45, 2.75) is 6.92 Å². The largest absolute Gasteiger partial charge is 0.380 e. The average Bonchev–Trinajstić information content (AvgIpc) is 2.42. The van der Waals surface area contributed by atoms with E-state index in [1.165, 1.54) is 0 Å². The molecular formula is C15H16N2O2. The first kappa shape index (κ1) is 12.1. The Morgan fingerprint density at radius 1 is 1.42 bits per heavy atom. The number of carbonyl (C=O) groups excluding carboxylic acids is 1. The molecule has 1 aromatic heterocycles. The summed E-state index contributed by atoms with van der Waals surface area (Å²) in [5, 5.41) is 3.95. The molecule has 0 saturated carbocycles. The molecule has 0 atom stereocenters. The number of hydrogen-bond donors (Lipinski definition) is 1. The van der Waals surface area contributed by atoms with Crippen molar-refractivity contribution in [1.29, 1.82) is 0 Å². The maximum absolute atomic E-state index is 12.1. The molecular weight excluding hydrogens is 240 g/mol. The molecule has 1 N–H and O–H groups in total. The zero-order valence-corrected chi connectivity index (χ0v) is 10.8. The maximum atomic E-state index is 12.1. The van der Waals surface area contributed by atoms with E-state index in [0.717, 1.165) is 24.1 Å². The Kier molecular flexibility index (Phi) is 2.95. The fourth-order valence-corrected chi connectivity index (χ4v) is 2.17. The molecule has 1 aliphatic rings. The van der Waals surface area contributed by atoms with Crippen molar-refractivity contribution in [3.63, 3.8) is 0 Å². The van der Waals surface area contributed by atoms with Gasteiger partial charge in [0.25, 0.3) is 5.91 Å². The van der Waals surface area contributed by atoms with Crippen molar-refractivity contribution < 1.29 is 9.53 Å². The van der Waals surface area contributed by atoms with Gasteiger partial charge in [-0.3, -0.25) is 9.78 Å². The molecule has 0 radical (unpaired) electrons. The van der Waals surface area contributed by atoms with Crippen LogP contribution in [0.15, 0.2) is 36.5 Å². The summed E-state index contributed by atoms with van der Waals surface area (Å²) in [5.74, 6) is -0.0427. The lowest BCUT2D eigenvalue weighted by atomic mass is 9.88. The van der Waals surface area contributed by atoms with E-state index >= 15 is 0 Å². The summed E-state index contributed by atoms with van der Waals surface area (Å²) < 4.78 is 5.17. The maximum Gasteiger partial charge on any atom is 0.251 e. The van der Waals surface area contributed by atoms with Gasteiger partial charge in [0.2, 0.25) is 0 Å². The fraction of sp³-hybridized carbons (Fsp3) is 0.333. The van der Waals surface area contributed by atoms with Crippen LogP contribution in [0, 0.1) is 5.41 Å². The smallest absolute Gasteiger partial charge is 0.251 e. The van der Waals surface area contributed by atoms with Crippen LogP contribution in [-0.4, -0.2) is 30.6 Å². The van der Waals surface area contributed by atoms with Crippen molar-refractivity contribution >= 4 is 16.8 Å². The second-order valence-electron chi connectivity index (χ2n) is 5.40. The SMILES string of the molecule is CC1(CNC(=O)c2ccc3ncccc3c2)COC1. The van der Waals surface area contributed by atoms with Crippen LogP contribution in [0.4, 0.5) is 0 Å². The molecule has 0 spiro atoms. The molecule has 1 aromatic carbocycles. The molecule has 1 amide bonds. The van der Waals surface area contributed by atoms with Crippen molar-refractivity contribution in [2.24, 2.45) is 5.41 Å². The Hall–Kier alpha value is -1.94. The van der Waals surface area contributed by atoms with Crippen molar-refractivity contribution in [3.8, 4) is 0 Å². The van der Waals surface area contributed by atoms with Crippen LogP contribution >= 0.6 is 0 Å². The van der Waals surface area contributed by atoms with E-state index in [0.29, 0.717) is 12.1 Å². The minimum atomic E-state index is -0.0427. The molecule has 2 heterocycles. The predicted octanol–water partition coefficient (Wildman–Crippen LogP) is 2.00. The van der Waals surface area contributed by atoms with Crippen molar-refractivity contribution in [3.05, 3.63) is 42.1 Å². The number of benzene rings is 1. The molecule has 1 saturated heterocycles. The average molecular weight is 256 g/mol. The highest BCUT2D eigenvalue weighted by Gasteiger charge is 2.33. The van der Waals surface area contributed by atoms with E-state index in [9.17, 15) is 4.79 Å². The van der Waals surface area contributed by atoms with Gasteiger partial charge in [-0.15, -0.1) is 0 Å². The summed E-state index contributed by atoms with van der Waals surface area (Å²) in [4.78, 5) is 16.3. The zero-order chi connectivity index (χ0) is 13.3. The zero-order valence-electron chi connectivity index (χ0n) is 10.8. The lowest BCUT2D eigenvalue weighted by Crippen LogP contribution is -2.48. The second kappa shape index (κ2) is 4.63. The van der Waals surface area contributed by atoms with Gasteiger partial charge in [0.1, 0.15) is 0 Å². The molecule has 1 aliphatic heterocycles. The van der Waals surface area contributed by atoms with Crippen molar-refractivity contribution in [2.75, 3.05) is 19.8 Å². The Bertz CT molecular complexity index is 620. The van der Waals surface area contributed by atoms with E-state index in [-0.39, 0.29) is 11.3 Å². The van der Waals surface area contributed by atoms with E-state index in [1.807, 2.05) is 30.3 Å². The fourth-order valence-electron chi connectivity index (χ4n) is 2.17. The number of nitrogens with one attached hydrogen (secondary N) is 1. The number of hydrogen-bond acceptors (Lipinski definition) is 3. The van der Waals surface area contributed by atoms with Gasteiger partial charge >= 0.3 is 0 Å². The van der Waals surface area contributed by atoms with Crippen LogP contribution in [0.2, 0.25) is 0 Å². The van der Waals surface area contributed by atoms with Gasteiger partial charge in [-0.2, -0.15) is 0 Å². The molecule has 4 heteroatoms. The molecule has 0 unspecified atom stereocenters. The van der Waals surface area contributed by atoms with E-state index in [1.54, 1.807) is 6.20 Å². The first-order valence-electron chi connectivity index (χ1n) is 6.37. The van der Waals surface area contributed by atoms with E-state index in [2.05, 4.69) is 17.2 Å². The van der Waals surface area contributed by atoms with Crippen LogP contribution in [0.3, 0.4) is 0 Å². The lowest BCUT2D eigenvalue weighted by Gasteiger charge is -2.38. The molecule has 3 rings (SSSR count). The van der Waals surface area contributed by atoms with Gasteiger partial charge in [-0.05, 0) is 24.3 Å². The highest BCUT2D eigenvalue weighted by Crippen LogP contribution is 2.25. The quantitative estimate of drug-likeness (QED) is 0.913. The minimum absolute atomic E-state index is 0.0427. The van der Waals surface area contributed by atoms with Gasteiger partial charge in [0, 0.05) is 29.1 Å². The van der Waals surface area contributed by atoms with Gasteiger partial charge in [-0.1, -0.05) is 13.0 Å². The molecule has 4 nitrogen and oxygen atoms in total. The number of amides is 1. The highest BCUT2D eigenvalue weighted by molar-refractivity contribution is 5.97. The summed E-state index contributed by atoms with van der Waals surface area (Å²) in [6.45, 7) is 4.20. The van der Waals surface area contributed by atoms with Gasteiger partial charge < -0.3 is 10.1 Å². The molecule has 0 bridgehead atoms. The first-order chi connectivity index (χ1) is 9.16. The van der Waals surface area contributed by atoms with Crippen LogP contribution < -0.4 is 5.32 Å². The summed E-state index contributed by atoms with van der Waals surface area (Å²) >= 11 is 0. The summed E-state index contributed by atoms with van der Waals surface area (Å²) in [6.07, 6.45) is 1.75. The number of nitrogens with zero attached hydrogens (tertiary/aromatic N) is 1. The lowest BCUT2D eigenvalue weighted by molar-refractivity contribution is -0.0978. The Balaban J connectivity index is 1.74. The van der Waals surface area contributed by atoms with Crippen molar-refractivity contribution in [1.82, 2.24) is 10.3 Å². The number of aromatic nitrogens is 1.